The summed E-state index contributed by atoms with van der Waals surface area (Å²) in [4.78, 5) is 13.7. The molecule has 0 radical (unpaired) electrons. The number of fused-ring (bicyclic) bond motifs is 1. The van der Waals surface area contributed by atoms with E-state index in [4.69, 9.17) is 29.5 Å². The van der Waals surface area contributed by atoms with Crippen molar-refractivity contribution in [3.63, 3.8) is 0 Å². The Morgan fingerprint density at radius 3 is 2.59 bits per heavy atom. The van der Waals surface area contributed by atoms with Gasteiger partial charge in [-0.1, -0.05) is 24.3 Å². The highest BCUT2D eigenvalue weighted by atomic mass is 16.7. The second-order valence-electron chi connectivity index (χ2n) is 6.08. The summed E-state index contributed by atoms with van der Waals surface area (Å²) in [7, 11) is 0. The fourth-order valence-corrected chi connectivity index (χ4v) is 2.93. The standard InChI is InChI=1S/C18H19N3O2.C2H4O2/c1-2-21-16-10-4-3-7-13(16)17(20-21)14-8-5-9-15(19-14)18-22-11-6-12-23-18;1-2(3)4/h3-5,7-10,18H,2,6,11-12H2,1H3;1H3,(H,3,4). The van der Waals surface area contributed by atoms with Gasteiger partial charge in [-0.15, -0.1) is 0 Å². The van der Waals surface area contributed by atoms with Crippen LogP contribution in [0.15, 0.2) is 42.5 Å². The minimum atomic E-state index is -0.833. The van der Waals surface area contributed by atoms with Gasteiger partial charge in [-0.2, -0.15) is 5.10 Å². The zero-order valence-corrected chi connectivity index (χ0v) is 15.5. The summed E-state index contributed by atoms with van der Waals surface area (Å²) in [6.45, 7) is 5.43. The van der Waals surface area contributed by atoms with Gasteiger partial charge in [-0.3, -0.25) is 9.48 Å². The highest BCUT2D eigenvalue weighted by molar-refractivity contribution is 5.92. The molecular formula is C20H23N3O4. The van der Waals surface area contributed by atoms with Gasteiger partial charge in [0.05, 0.1) is 30.1 Å². The number of carbonyl (C=O) groups is 1. The monoisotopic (exact) mass is 369 g/mol. The van der Waals surface area contributed by atoms with E-state index in [1.54, 1.807) is 0 Å². The van der Waals surface area contributed by atoms with Crippen molar-refractivity contribution in [1.82, 2.24) is 14.8 Å². The number of rotatable bonds is 3. The van der Waals surface area contributed by atoms with E-state index in [0.717, 1.165) is 47.9 Å². The van der Waals surface area contributed by atoms with Crippen LogP contribution >= 0.6 is 0 Å². The van der Waals surface area contributed by atoms with Crippen molar-refractivity contribution < 1.29 is 19.4 Å². The van der Waals surface area contributed by atoms with Gasteiger partial charge >= 0.3 is 0 Å². The molecule has 1 N–H and O–H groups in total. The normalized spacial score (nSPS) is 14.6. The Hall–Kier alpha value is -2.77. The lowest BCUT2D eigenvalue weighted by Crippen LogP contribution is -2.18. The molecule has 1 aromatic carbocycles. The van der Waals surface area contributed by atoms with Crippen molar-refractivity contribution in [3.8, 4) is 11.4 Å². The van der Waals surface area contributed by atoms with Gasteiger partial charge in [-0.05, 0) is 31.5 Å². The minimum Gasteiger partial charge on any atom is -0.481 e. The third-order valence-electron chi connectivity index (χ3n) is 4.04. The first-order valence-electron chi connectivity index (χ1n) is 8.95. The van der Waals surface area contributed by atoms with Gasteiger partial charge in [0.25, 0.3) is 5.97 Å². The minimum absolute atomic E-state index is 0.372. The van der Waals surface area contributed by atoms with Crippen molar-refractivity contribution in [2.75, 3.05) is 13.2 Å². The van der Waals surface area contributed by atoms with Crippen LogP contribution in [0.5, 0.6) is 0 Å². The Morgan fingerprint density at radius 2 is 1.89 bits per heavy atom. The molecule has 1 aliphatic rings. The van der Waals surface area contributed by atoms with Crippen LogP contribution in [0, 0.1) is 0 Å². The summed E-state index contributed by atoms with van der Waals surface area (Å²) in [5.41, 5.74) is 3.68. The van der Waals surface area contributed by atoms with Gasteiger partial charge < -0.3 is 14.6 Å². The average molecular weight is 369 g/mol. The summed E-state index contributed by atoms with van der Waals surface area (Å²) in [6, 6.07) is 14.2. The smallest absolute Gasteiger partial charge is 0.300 e. The third kappa shape index (κ3) is 4.50. The van der Waals surface area contributed by atoms with Crippen LogP contribution in [-0.2, 0) is 20.8 Å². The predicted molar refractivity (Wildman–Crippen MR) is 101 cm³/mol. The lowest BCUT2D eigenvalue weighted by atomic mass is 10.1. The van der Waals surface area contributed by atoms with Gasteiger partial charge in [0.15, 0.2) is 0 Å². The molecule has 2 aromatic heterocycles. The number of pyridine rings is 1. The fourth-order valence-electron chi connectivity index (χ4n) is 2.93. The number of carboxylic acid groups (broad SMARTS) is 1. The molecule has 27 heavy (non-hydrogen) atoms. The highest BCUT2D eigenvalue weighted by Gasteiger charge is 2.19. The van der Waals surface area contributed by atoms with Crippen molar-refractivity contribution in [1.29, 1.82) is 0 Å². The van der Waals surface area contributed by atoms with Crippen molar-refractivity contribution in [2.45, 2.75) is 33.1 Å². The second kappa shape index (κ2) is 8.75. The first-order valence-corrected chi connectivity index (χ1v) is 8.95. The summed E-state index contributed by atoms with van der Waals surface area (Å²) in [5, 5.41) is 13.3. The SMILES string of the molecule is CC(=O)O.CCn1nc(-c2cccc(C3OCCCO3)n2)c2ccccc21. The lowest BCUT2D eigenvalue weighted by Gasteiger charge is -2.22. The van der Waals surface area contributed by atoms with Gasteiger partial charge in [-0.25, -0.2) is 4.98 Å². The summed E-state index contributed by atoms with van der Waals surface area (Å²) >= 11 is 0. The average Bonchev–Trinajstić information content (AvgIpc) is 3.07. The summed E-state index contributed by atoms with van der Waals surface area (Å²) < 4.78 is 13.3. The molecule has 4 rings (SSSR count). The van der Waals surface area contributed by atoms with Crippen LogP contribution in [0.3, 0.4) is 0 Å². The van der Waals surface area contributed by atoms with Crippen LogP contribution in [0.1, 0.15) is 32.3 Å². The number of aryl methyl sites for hydroxylation is 1. The number of nitrogens with zero attached hydrogens (tertiary/aromatic N) is 3. The molecule has 3 aromatic rings. The first-order chi connectivity index (χ1) is 13.1. The van der Waals surface area contributed by atoms with Crippen LogP contribution in [-0.4, -0.2) is 39.1 Å². The molecular weight excluding hydrogens is 346 g/mol. The number of aromatic nitrogens is 3. The Kier molecular flexibility index (Phi) is 6.16. The molecule has 0 saturated carbocycles. The van der Waals surface area contributed by atoms with Crippen LogP contribution in [0.25, 0.3) is 22.3 Å². The maximum Gasteiger partial charge on any atom is 0.300 e. The molecule has 0 bridgehead atoms. The summed E-state index contributed by atoms with van der Waals surface area (Å²) in [6.07, 6.45) is 0.560. The maximum atomic E-state index is 9.00. The molecule has 1 fully saturated rings. The highest BCUT2D eigenvalue weighted by Crippen LogP contribution is 2.29. The van der Waals surface area contributed by atoms with Gasteiger partial charge in [0.1, 0.15) is 5.69 Å². The van der Waals surface area contributed by atoms with E-state index < -0.39 is 5.97 Å². The van der Waals surface area contributed by atoms with Crippen LogP contribution in [0.2, 0.25) is 0 Å². The Balaban J connectivity index is 0.000000481. The Labute approximate surface area is 157 Å². The quantitative estimate of drug-likeness (QED) is 0.758. The molecule has 1 saturated heterocycles. The molecule has 0 aliphatic carbocycles. The number of hydrogen-bond donors (Lipinski definition) is 1. The molecule has 142 valence electrons. The number of benzene rings is 1. The van der Waals surface area contributed by atoms with E-state index in [1.807, 2.05) is 35.0 Å². The number of aliphatic carboxylic acids is 1. The van der Waals surface area contributed by atoms with E-state index in [1.165, 1.54) is 0 Å². The van der Waals surface area contributed by atoms with E-state index in [2.05, 4.69) is 19.1 Å². The Morgan fingerprint density at radius 1 is 1.19 bits per heavy atom. The largest absolute Gasteiger partial charge is 0.481 e. The van der Waals surface area contributed by atoms with Crippen molar-refractivity contribution in [3.05, 3.63) is 48.2 Å². The molecule has 7 nitrogen and oxygen atoms in total. The molecule has 0 amide bonds. The predicted octanol–water partition coefficient (Wildman–Crippen LogP) is 3.64. The Bertz CT molecular complexity index is 912. The number of hydrogen-bond acceptors (Lipinski definition) is 5. The first kappa shape index (κ1) is 19.0. The van der Waals surface area contributed by atoms with Crippen LogP contribution < -0.4 is 0 Å². The molecule has 3 heterocycles. The number of para-hydroxylation sites is 1. The molecule has 0 spiro atoms. The van der Waals surface area contributed by atoms with Crippen LogP contribution in [0.4, 0.5) is 0 Å². The zero-order chi connectivity index (χ0) is 19.2. The molecule has 7 heteroatoms. The maximum absolute atomic E-state index is 9.00. The number of carboxylic acids is 1. The van der Waals surface area contributed by atoms with Crippen molar-refractivity contribution in [2.24, 2.45) is 0 Å². The molecule has 0 atom stereocenters. The van der Waals surface area contributed by atoms with Crippen molar-refractivity contribution >= 4 is 16.9 Å². The van der Waals surface area contributed by atoms with E-state index >= 15 is 0 Å². The topological polar surface area (TPSA) is 86.5 Å². The van der Waals surface area contributed by atoms with E-state index in [0.29, 0.717) is 13.2 Å². The molecule has 1 aliphatic heterocycles. The third-order valence-corrected chi connectivity index (χ3v) is 4.04. The summed E-state index contributed by atoms with van der Waals surface area (Å²) in [5.74, 6) is -0.833. The second-order valence-corrected chi connectivity index (χ2v) is 6.08. The number of ether oxygens (including phenoxy) is 2. The molecule has 0 unspecified atom stereocenters. The van der Waals surface area contributed by atoms with E-state index in [-0.39, 0.29) is 6.29 Å². The zero-order valence-electron chi connectivity index (χ0n) is 15.5. The van der Waals surface area contributed by atoms with Gasteiger partial charge in [0.2, 0.25) is 6.29 Å². The van der Waals surface area contributed by atoms with E-state index in [9.17, 15) is 0 Å². The lowest BCUT2D eigenvalue weighted by molar-refractivity contribution is -0.185. The fraction of sp³-hybridized carbons (Fsp3) is 0.350. The van der Waals surface area contributed by atoms with Gasteiger partial charge in [0, 0.05) is 18.9 Å².